The Kier molecular flexibility index (Phi) is 5.90. The molecule has 0 atom stereocenters. The molecular formula is C26H23FN4O2S. The average molecular weight is 475 g/mol. The highest BCUT2D eigenvalue weighted by molar-refractivity contribution is 7.07. The van der Waals surface area contributed by atoms with Gasteiger partial charge in [-0.25, -0.2) is 14.1 Å². The van der Waals surface area contributed by atoms with Gasteiger partial charge in [0.25, 0.3) is 5.56 Å². The van der Waals surface area contributed by atoms with Crippen molar-refractivity contribution < 1.29 is 8.81 Å². The lowest BCUT2D eigenvalue weighted by Gasteiger charge is -2.08. The maximum atomic E-state index is 13.4. The van der Waals surface area contributed by atoms with Crippen molar-refractivity contribution in [3.05, 3.63) is 111 Å². The van der Waals surface area contributed by atoms with Gasteiger partial charge < -0.3 is 8.98 Å². The van der Waals surface area contributed by atoms with Crippen molar-refractivity contribution in [2.45, 2.75) is 19.9 Å². The Morgan fingerprint density at radius 2 is 1.79 bits per heavy atom. The van der Waals surface area contributed by atoms with Gasteiger partial charge in [0, 0.05) is 19.0 Å². The number of aryl methyl sites for hydroxylation is 1. The third-order valence-electron chi connectivity index (χ3n) is 5.84. The van der Waals surface area contributed by atoms with Crippen LogP contribution in [0.2, 0.25) is 0 Å². The molecule has 0 aliphatic rings. The molecule has 6 nitrogen and oxygen atoms in total. The lowest BCUT2D eigenvalue weighted by Crippen LogP contribution is -2.20. The summed E-state index contributed by atoms with van der Waals surface area (Å²) in [5, 5.41) is 1.98. The summed E-state index contributed by atoms with van der Waals surface area (Å²) in [4.78, 5) is 18.9. The summed E-state index contributed by atoms with van der Waals surface area (Å²) in [6, 6.07) is 19.8. The first-order valence-electron chi connectivity index (χ1n) is 10.9. The van der Waals surface area contributed by atoms with E-state index >= 15 is 0 Å². The number of rotatable bonds is 6. The van der Waals surface area contributed by atoms with Gasteiger partial charge in [0.15, 0.2) is 16.2 Å². The van der Waals surface area contributed by atoms with Crippen molar-refractivity contribution in [2.75, 3.05) is 0 Å². The highest BCUT2D eigenvalue weighted by Gasteiger charge is 2.17. The predicted molar refractivity (Wildman–Crippen MR) is 131 cm³/mol. The standard InChI is InChI=1S/C26H23FN4O2S/c1-18-24(25(32)31(29(18)2)21-7-4-3-5-8-21)28-26-30(15-14-19-10-12-20(27)13-11-19)22(17-34-26)23-9-6-16-33-23/h3-13,16-17H,14-15H2,1-2H3. The molecule has 0 bridgehead atoms. The topological polar surface area (TPSA) is 57.4 Å². The van der Waals surface area contributed by atoms with E-state index in [1.54, 1.807) is 23.1 Å². The molecule has 2 aromatic carbocycles. The van der Waals surface area contributed by atoms with Crippen LogP contribution in [0.3, 0.4) is 0 Å². The number of halogens is 1. The Bertz CT molecular complexity index is 1540. The third-order valence-corrected chi connectivity index (χ3v) is 6.70. The second kappa shape index (κ2) is 9.15. The molecule has 0 spiro atoms. The Morgan fingerprint density at radius 1 is 1.03 bits per heavy atom. The number of nitrogens with zero attached hydrogens (tertiary/aromatic N) is 4. The molecular weight excluding hydrogens is 451 g/mol. The first-order chi connectivity index (χ1) is 16.5. The number of furan rings is 1. The third kappa shape index (κ3) is 4.08. The van der Waals surface area contributed by atoms with Crippen molar-refractivity contribution in [1.29, 1.82) is 0 Å². The van der Waals surface area contributed by atoms with Crippen molar-refractivity contribution in [3.8, 4) is 17.1 Å². The van der Waals surface area contributed by atoms with Crippen LogP contribution in [0.25, 0.3) is 17.1 Å². The zero-order valence-corrected chi connectivity index (χ0v) is 19.6. The van der Waals surface area contributed by atoms with E-state index < -0.39 is 0 Å². The van der Waals surface area contributed by atoms with Gasteiger partial charge in [0.05, 0.1) is 23.3 Å². The van der Waals surface area contributed by atoms with Gasteiger partial charge in [-0.1, -0.05) is 30.3 Å². The van der Waals surface area contributed by atoms with E-state index in [1.165, 1.54) is 23.5 Å². The van der Waals surface area contributed by atoms with Crippen LogP contribution in [-0.2, 0) is 20.0 Å². The van der Waals surface area contributed by atoms with E-state index in [0.717, 1.165) is 28.4 Å². The number of hydrogen-bond acceptors (Lipinski definition) is 4. The predicted octanol–water partition coefficient (Wildman–Crippen LogP) is 5.22. The fourth-order valence-electron chi connectivity index (χ4n) is 3.93. The maximum absolute atomic E-state index is 13.4. The quantitative estimate of drug-likeness (QED) is 0.339. The van der Waals surface area contributed by atoms with E-state index in [4.69, 9.17) is 9.41 Å². The Balaban J connectivity index is 1.61. The first-order valence-corrected chi connectivity index (χ1v) is 11.8. The molecule has 0 amide bonds. The molecule has 0 radical (unpaired) electrons. The highest BCUT2D eigenvalue weighted by Crippen LogP contribution is 2.22. The highest BCUT2D eigenvalue weighted by atomic mass is 32.1. The molecule has 5 rings (SSSR count). The van der Waals surface area contributed by atoms with Crippen LogP contribution in [0.15, 0.2) is 92.6 Å². The Hall–Kier alpha value is -3.91. The molecule has 0 fully saturated rings. The maximum Gasteiger partial charge on any atom is 0.297 e. The van der Waals surface area contributed by atoms with Gasteiger partial charge in [0.1, 0.15) is 5.82 Å². The van der Waals surface area contributed by atoms with Gasteiger partial charge in [-0.15, -0.1) is 11.3 Å². The first kappa shape index (κ1) is 21.9. The molecule has 8 heteroatoms. The molecule has 0 saturated carbocycles. The van der Waals surface area contributed by atoms with Crippen LogP contribution < -0.4 is 10.4 Å². The van der Waals surface area contributed by atoms with Crippen molar-refractivity contribution in [1.82, 2.24) is 13.9 Å². The molecule has 0 aliphatic heterocycles. The molecule has 0 unspecified atom stereocenters. The molecule has 0 aliphatic carbocycles. The number of para-hydroxylation sites is 1. The van der Waals surface area contributed by atoms with E-state index in [9.17, 15) is 9.18 Å². The van der Waals surface area contributed by atoms with Crippen LogP contribution in [0, 0.1) is 12.7 Å². The SMILES string of the molecule is Cc1c(N=c2scc(-c3ccco3)n2CCc2ccc(F)cc2)c(=O)n(-c2ccccc2)n1C. The molecule has 34 heavy (non-hydrogen) atoms. The molecule has 3 aromatic heterocycles. The number of thiazole rings is 1. The number of aromatic nitrogens is 3. The van der Waals surface area contributed by atoms with Gasteiger partial charge in [-0.3, -0.25) is 9.48 Å². The van der Waals surface area contributed by atoms with E-state index in [1.807, 2.05) is 71.1 Å². The largest absolute Gasteiger partial charge is 0.463 e. The zero-order valence-electron chi connectivity index (χ0n) is 18.8. The lowest BCUT2D eigenvalue weighted by atomic mass is 10.1. The van der Waals surface area contributed by atoms with Gasteiger partial charge in [-0.2, -0.15) is 0 Å². The fourth-order valence-corrected chi connectivity index (χ4v) is 4.85. The summed E-state index contributed by atoms with van der Waals surface area (Å²) in [5.74, 6) is 0.469. The van der Waals surface area contributed by atoms with Crippen LogP contribution in [0.4, 0.5) is 10.1 Å². The fraction of sp³-hybridized carbons (Fsp3) is 0.154. The van der Waals surface area contributed by atoms with Crippen molar-refractivity contribution >= 4 is 17.0 Å². The molecule has 0 N–H and O–H groups in total. The van der Waals surface area contributed by atoms with E-state index in [0.29, 0.717) is 23.5 Å². The van der Waals surface area contributed by atoms with E-state index in [2.05, 4.69) is 0 Å². The van der Waals surface area contributed by atoms with Gasteiger partial charge in [0.2, 0.25) is 0 Å². The molecule has 3 heterocycles. The second-order valence-electron chi connectivity index (χ2n) is 7.93. The van der Waals surface area contributed by atoms with Crippen LogP contribution in [-0.4, -0.2) is 13.9 Å². The van der Waals surface area contributed by atoms with Crippen LogP contribution in [0.1, 0.15) is 11.3 Å². The normalized spacial score (nSPS) is 11.9. The summed E-state index contributed by atoms with van der Waals surface area (Å²) in [5.41, 5.74) is 3.67. The van der Waals surface area contributed by atoms with Crippen LogP contribution in [0.5, 0.6) is 0 Å². The Morgan fingerprint density at radius 3 is 2.50 bits per heavy atom. The second-order valence-corrected chi connectivity index (χ2v) is 8.77. The summed E-state index contributed by atoms with van der Waals surface area (Å²) in [6.07, 6.45) is 2.31. The van der Waals surface area contributed by atoms with Crippen molar-refractivity contribution in [2.24, 2.45) is 12.0 Å². The minimum absolute atomic E-state index is 0.177. The Labute approximate surface area is 199 Å². The minimum Gasteiger partial charge on any atom is -0.463 e. The molecule has 5 aromatic rings. The summed E-state index contributed by atoms with van der Waals surface area (Å²) >= 11 is 1.45. The summed E-state index contributed by atoms with van der Waals surface area (Å²) < 4.78 is 24.5. The molecule has 172 valence electrons. The number of hydrogen-bond donors (Lipinski definition) is 0. The number of benzene rings is 2. The minimum atomic E-state index is -0.256. The summed E-state index contributed by atoms with van der Waals surface area (Å²) in [7, 11) is 1.86. The van der Waals surface area contributed by atoms with Gasteiger partial charge >= 0.3 is 0 Å². The average Bonchev–Trinajstić information content (AvgIpc) is 3.56. The zero-order chi connectivity index (χ0) is 23.7. The lowest BCUT2D eigenvalue weighted by molar-refractivity contribution is 0.568. The van der Waals surface area contributed by atoms with Crippen LogP contribution >= 0.6 is 11.3 Å². The van der Waals surface area contributed by atoms with E-state index in [-0.39, 0.29) is 11.4 Å². The summed E-state index contributed by atoms with van der Waals surface area (Å²) in [6.45, 7) is 2.49. The van der Waals surface area contributed by atoms with Crippen molar-refractivity contribution in [3.63, 3.8) is 0 Å². The smallest absolute Gasteiger partial charge is 0.297 e. The van der Waals surface area contributed by atoms with Gasteiger partial charge in [-0.05, 0) is 55.3 Å². The molecule has 0 saturated heterocycles. The monoisotopic (exact) mass is 474 g/mol.